The van der Waals surface area contributed by atoms with Gasteiger partial charge in [-0.1, -0.05) is 32.3 Å². The van der Waals surface area contributed by atoms with Crippen LogP contribution >= 0.6 is 0 Å². The van der Waals surface area contributed by atoms with Crippen LogP contribution in [0.1, 0.15) is 46.0 Å². The first-order valence-electron chi connectivity index (χ1n) is 7.77. The fraction of sp³-hybridized carbons (Fsp3) is 0.647. The third kappa shape index (κ3) is 6.31. The van der Waals surface area contributed by atoms with Gasteiger partial charge in [0.1, 0.15) is 5.70 Å². The molecule has 0 aromatic rings. The molecule has 1 amide bonds. The Morgan fingerprint density at radius 2 is 2.05 bits per heavy atom. The fourth-order valence-corrected chi connectivity index (χ4v) is 2.30. The second-order valence-electron chi connectivity index (χ2n) is 6.39. The van der Waals surface area contributed by atoms with Gasteiger partial charge in [0, 0.05) is 5.92 Å². The highest BCUT2D eigenvalue weighted by Gasteiger charge is 2.50. The quantitative estimate of drug-likeness (QED) is 0.327. The Kier molecular flexibility index (Phi) is 7.13. The van der Waals surface area contributed by atoms with Gasteiger partial charge in [-0.05, 0) is 37.6 Å². The number of carboxylic acids is 1. The Hall–Kier alpha value is -1.80. The van der Waals surface area contributed by atoms with Crippen LogP contribution in [0.5, 0.6) is 0 Å². The molecular formula is C17H26N2O3. The molecule has 0 aromatic heterocycles. The molecule has 0 saturated heterocycles. The van der Waals surface area contributed by atoms with Crippen molar-refractivity contribution in [1.29, 1.82) is 0 Å². The van der Waals surface area contributed by atoms with E-state index in [1.54, 1.807) is 6.08 Å². The summed E-state index contributed by atoms with van der Waals surface area (Å²) in [5.41, 5.74) is -0.00262. The molecule has 1 saturated carbocycles. The van der Waals surface area contributed by atoms with Crippen LogP contribution in [-0.2, 0) is 9.59 Å². The summed E-state index contributed by atoms with van der Waals surface area (Å²) >= 11 is 0. The number of aliphatic carboxylic acids is 1. The molecule has 22 heavy (non-hydrogen) atoms. The molecule has 122 valence electrons. The van der Waals surface area contributed by atoms with E-state index in [0.29, 0.717) is 13.0 Å². The summed E-state index contributed by atoms with van der Waals surface area (Å²) in [4.78, 5) is 23.1. The van der Waals surface area contributed by atoms with E-state index in [1.165, 1.54) is 0 Å². The van der Waals surface area contributed by atoms with Crippen LogP contribution in [0.25, 0.3) is 0 Å². The number of unbranched alkanes of at least 4 members (excludes halogenated alkanes) is 3. The number of hydrogen-bond donors (Lipinski definition) is 3. The third-order valence-corrected chi connectivity index (χ3v) is 3.95. The average molecular weight is 306 g/mol. The molecule has 1 unspecified atom stereocenters. The van der Waals surface area contributed by atoms with Gasteiger partial charge in [0.2, 0.25) is 5.91 Å². The Labute approximate surface area is 132 Å². The summed E-state index contributed by atoms with van der Waals surface area (Å²) < 4.78 is 0. The highest BCUT2D eigenvalue weighted by molar-refractivity contribution is 5.94. The molecule has 0 heterocycles. The van der Waals surface area contributed by atoms with Gasteiger partial charge in [0.05, 0.1) is 6.54 Å². The van der Waals surface area contributed by atoms with Gasteiger partial charge in [-0.2, -0.15) is 0 Å². The SMILES string of the molecule is C#CCNCCCCCC=C(NC(=O)C1CC1(C)C)C(=O)O. The fourth-order valence-electron chi connectivity index (χ4n) is 2.30. The summed E-state index contributed by atoms with van der Waals surface area (Å²) in [5.74, 6) is 1.17. The highest BCUT2D eigenvalue weighted by Crippen LogP contribution is 2.51. The van der Waals surface area contributed by atoms with Gasteiger partial charge in [0.15, 0.2) is 0 Å². The summed E-state index contributed by atoms with van der Waals surface area (Å²) in [6, 6.07) is 0. The van der Waals surface area contributed by atoms with E-state index in [0.717, 1.165) is 32.2 Å². The van der Waals surface area contributed by atoms with E-state index in [1.807, 2.05) is 13.8 Å². The summed E-state index contributed by atoms with van der Waals surface area (Å²) in [6.07, 6.45) is 11.1. The molecule has 3 N–H and O–H groups in total. The second kappa shape index (κ2) is 8.60. The summed E-state index contributed by atoms with van der Waals surface area (Å²) in [7, 11) is 0. The smallest absolute Gasteiger partial charge is 0.352 e. The van der Waals surface area contributed by atoms with Crippen molar-refractivity contribution >= 4 is 11.9 Å². The van der Waals surface area contributed by atoms with Gasteiger partial charge in [-0.3, -0.25) is 4.79 Å². The molecule has 1 fully saturated rings. The highest BCUT2D eigenvalue weighted by atomic mass is 16.4. The van der Waals surface area contributed by atoms with Crippen molar-refractivity contribution in [2.24, 2.45) is 11.3 Å². The predicted octanol–water partition coefficient (Wildman–Crippen LogP) is 1.90. The minimum atomic E-state index is -1.08. The van der Waals surface area contributed by atoms with E-state index < -0.39 is 5.97 Å². The van der Waals surface area contributed by atoms with E-state index in [9.17, 15) is 9.59 Å². The number of rotatable bonds is 10. The lowest BCUT2D eigenvalue weighted by atomic mass is 10.1. The standard InChI is InChI=1S/C17H26N2O3/c1-4-10-18-11-8-6-5-7-9-14(16(21)22)19-15(20)13-12-17(13,2)3/h1,9,13,18H,5-8,10-12H2,2-3H3,(H,19,20)(H,21,22). The number of amides is 1. The first-order chi connectivity index (χ1) is 10.4. The number of carbonyl (C=O) groups is 2. The zero-order valence-corrected chi connectivity index (χ0v) is 13.4. The Bertz CT molecular complexity index is 475. The lowest BCUT2D eigenvalue weighted by molar-refractivity contribution is -0.135. The minimum absolute atomic E-state index is 0.000910. The van der Waals surface area contributed by atoms with Crippen molar-refractivity contribution in [3.63, 3.8) is 0 Å². The number of hydrogen-bond acceptors (Lipinski definition) is 3. The molecule has 1 atom stereocenters. The van der Waals surface area contributed by atoms with E-state index in [2.05, 4.69) is 16.6 Å². The zero-order chi connectivity index (χ0) is 16.6. The molecule has 0 aromatic carbocycles. The van der Waals surface area contributed by atoms with Crippen LogP contribution in [0.2, 0.25) is 0 Å². The molecule has 1 aliphatic rings. The topological polar surface area (TPSA) is 78.4 Å². The van der Waals surface area contributed by atoms with Gasteiger partial charge in [0.25, 0.3) is 0 Å². The molecule has 0 aliphatic heterocycles. The summed E-state index contributed by atoms with van der Waals surface area (Å²) in [5, 5.41) is 14.8. The zero-order valence-electron chi connectivity index (χ0n) is 13.4. The van der Waals surface area contributed by atoms with Crippen LogP contribution < -0.4 is 10.6 Å². The predicted molar refractivity (Wildman–Crippen MR) is 85.9 cm³/mol. The van der Waals surface area contributed by atoms with Crippen molar-refractivity contribution < 1.29 is 14.7 Å². The van der Waals surface area contributed by atoms with E-state index >= 15 is 0 Å². The monoisotopic (exact) mass is 306 g/mol. The molecule has 0 radical (unpaired) electrons. The maximum absolute atomic E-state index is 11.9. The largest absolute Gasteiger partial charge is 0.477 e. The minimum Gasteiger partial charge on any atom is -0.477 e. The molecule has 0 spiro atoms. The molecule has 1 aliphatic carbocycles. The van der Waals surface area contributed by atoms with Crippen molar-refractivity contribution in [3.8, 4) is 12.3 Å². The Balaban J connectivity index is 2.27. The number of nitrogens with one attached hydrogen (secondary N) is 2. The normalized spacial score (nSPS) is 19.3. The van der Waals surface area contributed by atoms with E-state index in [4.69, 9.17) is 11.5 Å². The van der Waals surface area contributed by atoms with Gasteiger partial charge in [-0.15, -0.1) is 6.42 Å². The van der Waals surface area contributed by atoms with Crippen LogP contribution in [0, 0.1) is 23.7 Å². The number of allylic oxidation sites excluding steroid dienone is 1. The number of carbonyl (C=O) groups excluding carboxylic acids is 1. The van der Waals surface area contributed by atoms with Gasteiger partial charge < -0.3 is 15.7 Å². The van der Waals surface area contributed by atoms with Crippen molar-refractivity contribution in [1.82, 2.24) is 10.6 Å². The summed E-state index contributed by atoms with van der Waals surface area (Å²) in [6.45, 7) is 5.46. The second-order valence-corrected chi connectivity index (χ2v) is 6.39. The van der Waals surface area contributed by atoms with Crippen LogP contribution in [0.3, 0.4) is 0 Å². The first kappa shape index (κ1) is 18.2. The van der Waals surface area contributed by atoms with Crippen LogP contribution in [0.15, 0.2) is 11.8 Å². The Morgan fingerprint density at radius 1 is 1.36 bits per heavy atom. The molecular weight excluding hydrogens is 280 g/mol. The van der Waals surface area contributed by atoms with E-state index in [-0.39, 0.29) is 22.9 Å². The van der Waals surface area contributed by atoms with Crippen molar-refractivity contribution in [2.45, 2.75) is 46.0 Å². The van der Waals surface area contributed by atoms with Gasteiger partial charge in [-0.25, -0.2) is 4.79 Å². The molecule has 5 heteroatoms. The van der Waals surface area contributed by atoms with Crippen molar-refractivity contribution in [2.75, 3.05) is 13.1 Å². The van der Waals surface area contributed by atoms with Crippen LogP contribution in [-0.4, -0.2) is 30.1 Å². The van der Waals surface area contributed by atoms with Gasteiger partial charge >= 0.3 is 5.97 Å². The maximum atomic E-state index is 11.9. The molecule has 1 rings (SSSR count). The lowest BCUT2D eigenvalue weighted by Crippen LogP contribution is -2.29. The number of terminal acetylenes is 1. The number of carboxylic acid groups (broad SMARTS) is 1. The molecule has 5 nitrogen and oxygen atoms in total. The maximum Gasteiger partial charge on any atom is 0.352 e. The Morgan fingerprint density at radius 3 is 2.59 bits per heavy atom. The van der Waals surface area contributed by atoms with Crippen LogP contribution in [0.4, 0.5) is 0 Å². The molecule has 0 bridgehead atoms. The average Bonchev–Trinajstić information content (AvgIpc) is 3.09. The third-order valence-electron chi connectivity index (χ3n) is 3.95. The lowest BCUT2D eigenvalue weighted by Gasteiger charge is -2.07. The first-order valence-corrected chi connectivity index (χ1v) is 7.77. The van der Waals surface area contributed by atoms with Crippen molar-refractivity contribution in [3.05, 3.63) is 11.8 Å².